The summed E-state index contributed by atoms with van der Waals surface area (Å²) in [6.07, 6.45) is 0.990. The average molecular weight is 376 g/mol. The van der Waals surface area contributed by atoms with Crippen LogP contribution in [-0.2, 0) is 4.74 Å². The average Bonchev–Trinajstić information content (AvgIpc) is 2.73. The Morgan fingerprint density at radius 2 is 2.14 bits per heavy atom. The smallest absolute Gasteiger partial charge is 0.253 e. The summed E-state index contributed by atoms with van der Waals surface area (Å²) in [4.78, 5) is 16.8. The van der Waals surface area contributed by atoms with Gasteiger partial charge in [-0.2, -0.15) is 0 Å². The van der Waals surface area contributed by atoms with Crippen molar-refractivity contribution in [3.63, 3.8) is 0 Å². The van der Waals surface area contributed by atoms with Gasteiger partial charge in [0.05, 0.1) is 11.6 Å². The van der Waals surface area contributed by atoms with Gasteiger partial charge in [0, 0.05) is 43.3 Å². The summed E-state index contributed by atoms with van der Waals surface area (Å²) in [6, 6.07) is 5.32. The molecule has 1 aromatic rings. The number of ether oxygens (including phenoxy) is 1. The van der Waals surface area contributed by atoms with Gasteiger partial charge in [-0.15, -0.1) is 0 Å². The Hall–Kier alpha value is -0.620. The highest BCUT2D eigenvalue weighted by molar-refractivity contribution is 9.10. The maximum atomic E-state index is 12.6. The summed E-state index contributed by atoms with van der Waals surface area (Å²) in [5, 5.41) is 0.619. The molecule has 1 saturated heterocycles. The van der Waals surface area contributed by atoms with E-state index in [2.05, 4.69) is 20.8 Å². The minimum atomic E-state index is 0.0703. The Kier molecular flexibility index (Phi) is 6.48. The maximum Gasteiger partial charge on any atom is 0.253 e. The van der Waals surface area contributed by atoms with E-state index in [1.165, 1.54) is 0 Å². The van der Waals surface area contributed by atoms with Gasteiger partial charge in [0.2, 0.25) is 0 Å². The summed E-state index contributed by atoms with van der Waals surface area (Å²) in [5.74, 6) is 0.0703. The summed E-state index contributed by atoms with van der Waals surface area (Å²) in [5.41, 5.74) is 0.677. The van der Waals surface area contributed by atoms with Gasteiger partial charge < -0.3 is 9.64 Å². The fourth-order valence-corrected chi connectivity index (χ4v) is 2.93. The first-order chi connectivity index (χ1) is 10.1. The standard InChI is InChI=1S/C15H20BrClN2O2/c1-21-10-9-18-5-2-6-19(8-7-18)15(20)12-3-4-14(17)13(16)11-12/h3-4,11H,2,5-10H2,1H3. The molecule has 1 aliphatic heterocycles. The number of halogens is 2. The van der Waals surface area contributed by atoms with Gasteiger partial charge in [-0.1, -0.05) is 11.6 Å². The zero-order valence-electron chi connectivity index (χ0n) is 12.1. The first-order valence-corrected chi connectivity index (χ1v) is 8.24. The van der Waals surface area contributed by atoms with Crippen LogP contribution in [0.4, 0.5) is 0 Å². The lowest BCUT2D eigenvalue weighted by atomic mass is 10.2. The highest BCUT2D eigenvalue weighted by Crippen LogP contribution is 2.24. The quantitative estimate of drug-likeness (QED) is 0.811. The van der Waals surface area contributed by atoms with Crippen LogP contribution in [-0.4, -0.2) is 62.1 Å². The van der Waals surface area contributed by atoms with Crippen molar-refractivity contribution >= 4 is 33.4 Å². The van der Waals surface area contributed by atoms with E-state index in [0.29, 0.717) is 10.6 Å². The molecule has 0 aliphatic carbocycles. The van der Waals surface area contributed by atoms with Crippen molar-refractivity contribution in [3.8, 4) is 0 Å². The van der Waals surface area contributed by atoms with Crippen molar-refractivity contribution in [2.45, 2.75) is 6.42 Å². The second kappa shape index (κ2) is 8.13. The van der Waals surface area contributed by atoms with E-state index in [9.17, 15) is 4.79 Å². The van der Waals surface area contributed by atoms with E-state index in [4.69, 9.17) is 16.3 Å². The van der Waals surface area contributed by atoms with Crippen LogP contribution in [0.5, 0.6) is 0 Å². The molecule has 1 aromatic carbocycles. The number of carbonyl (C=O) groups is 1. The molecule has 116 valence electrons. The molecule has 0 spiro atoms. The molecule has 0 aromatic heterocycles. The van der Waals surface area contributed by atoms with Gasteiger partial charge in [-0.3, -0.25) is 9.69 Å². The van der Waals surface area contributed by atoms with Gasteiger partial charge in [0.15, 0.2) is 0 Å². The van der Waals surface area contributed by atoms with Gasteiger partial charge in [0.25, 0.3) is 5.91 Å². The Bertz CT molecular complexity index is 499. The lowest BCUT2D eigenvalue weighted by molar-refractivity contribution is 0.0759. The maximum absolute atomic E-state index is 12.6. The van der Waals surface area contributed by atoms with Crippen molar-refractivity contribution in [3.05, 3.63) is 33.3 Å². The zero-order valence-corrected chi connectivity index (χ0v) is 14.5. The highest BCUT2D eigenvalue weighted by Gasteiger charge is 2.20. The Labute approximate surface area is 139 Å². The topological polar surface area (TPSA) is 32.8 Å². The Balaban J connectivity index is 1.98. The van der Waals surface area contributed by atoms with Crippen LogP contribution in [0.15, 0.2) is 22.7 Å². The third kappa shape index (κ3) is 4.68. The van der Waals surface area contributed by atoms with E-state index in [-0.39, 0.29) is 5.91 Å². The number of amides is 1. The first-order valence-electron chi connectivity index (χ1n) is 7.07. The molecule has 0 N–H and O–H groups in total. The normalized spacial score (nSPS) is 16.8. The third-order valence-electron chi connectivity index (χ3n) is 3.65. The molecule has 1 amide bonds. The summed E-state index contributed by atoms with van der Waals surface area (Å²) < 4.78 is 5.87. The molecule has 0 unspecified atom stereocenters. The molecule has 2 rings (SSSR count). The zero-order chi connectivity index (χ0) is 15.2. The van der Waals surface area contributed by atoms with Crippen molar-refractivity contribution in [1.82, 2.24) is 9.80 Å². The van der Waals surface area contributed by atoms with Crippen LogP contribution < -0.4 is 0 Å². The number of hydrogen-bond donors (Lipinski definition) is 0. The molecule has 21 heavy (non-hydrogen) atoms. The minimum absolute atomic E-state index is 0.0703. The van der Waals surface area contributed by atoms with Crippen LogP contribution in [0, 0.1) is 0 Å². The second-order valence-electron chi connectivity index (χ2n) is 5.11. The van der Waals surface area contributed by atoms with E-state index in [1.807, 2.05) is 4.90 Å². The number of benzene rings is 1. The predicted molar refractivity (Wildman–Crippen MR) is 88.0 cm³/mol. The van der Waals surface area contributed by atoms with E-state index in [1.54, 1.807) is 25.3 Å². The number of rotatable bonds is 4. The van der Waals surface area contributed by atoms with Crippen molar-refractivity contribution in [2.24, 2.45) is 0 Å². The molecule has 0 atom stereocenters. The van der Waals surface area contributed by atoms with Gasteiger partial charge in [-0.05, 0) is 47.1 Å². The Morgan fingerprint density at radius 3 is 2.86 bits per heavy atom. The molecular formula is C15H20BrClN2O2. The molecule has 4 nitrogen and oxygen atoms in total. The van der Waals surface area contributed by atoms with Crippen LogP contribution in [0.25, 0.3) is 0 Å². The van der Waals surface area contributed by atoms with Gasteiger partial charge >= 0.3 is 0 Å². The Morgan fingerprint density at radius 1 is 1.33 bits per heavy atom. The number of nitrogens with zero attached hydrogens (tertiary/aromatic N) is 2. The molecule has 0 bridgehead atoms. The molecule has 0 radical (unpaired) electrons. The lowest BCUT2D eigenvalue weighted by Crippen LogP contribution is -2.36. The van der Waals surface area contributed by atoms with Crippen molar-refractivity contribution in [1.29, 1.82) is 0 Å². The molecular weight excluding hydrogens is 356 g/mol. The van der Waals surface area contributed by atoms with E-state index < -0.39 is 0 Å². The van der Waals surface area contributed by atoms with Gasteiger partial charge in [-0.25, -0.2) is 0 Å². The predicted octanol–water partition coefficient (Wildman–Crippen LogP) is 2.90. The van der Waals surface area contributed by atoms with Crippen molar-refractivity contribution < 1.29 is 9.53 Å². The summed E-state index contributed by atoms with van der Waals surface area (Å²) in [6.45, 7) is 5.11. The summed E-state index contributed by atoms with van der Waals surface area (Å²) in [7, 11) is 1.71. The third-order valence-corrected chi connectivity index (χ3v) is 4.87. The second-order valence-corrected chi connectivity index (χ2v) is 6.37. The highest BCUT2D eigenvalue weighted by atomic mass is 79.9. The lowest BCUT2D eigenvalue weighted by Gasteiger charge is -2.22. The van der Waals surface area contributed by atoms with Crippen molar-refractivity contribution in [2.75, 3.05) is 46.4 Å². The number of carbonyl (C=O) groups excluding carboxylic acids is 1. The molecule has 1 fully saturated rings. The minimum Gasteiger partial charge on any atom is -0.383 e. The van der Waals surface area contributed by atoms with Crippen LogP contribution in [0.2, 0.25) is 5.02 Å². The van der Waals surface area contributed by atoms with Gasteiger partial charge in [0.1, 0.15) is 0 Å². The number of hydrogen-bond acceptors (Lipinski definition) is 3. The SMILES string of the molecule is COCCN1CCCN(C(=O)c2ccc(Cl)c(Br)c2)CC1. The van der Waals surface area contributed by atoms with Crippen LogP contribution in [0.3, 0.4) is 0 Å². The fraction of sp³-hybridized carbons (Fsp3) is 0.533. The van der Waals surface area contributed by atoms with Crippen LogP contribution in [0.1, 0.15) is 16.8 Å². The van der Waals surface area contributed by atoms with E-state index >= 15 is 0 Å². The van der Waals surface area contributed by atoms with E-state index in [0.717, 1.165) is 50.2 Å². The molecule has 0 saturated carbocycles. The number of methoxy groups -OCH3 is 1. The molecule has 1 heterocycles. The van der Waals surface area contributed by atoms with Crippen LogP contribution >= 0.6 is 27.5 Å². The largest absolute Gasteiger partial charge is 0.383 e. The first kappa shape index (κ1) is 16.7. The summed E-state index contributed by atoms with van der Waals surface area (Å²) >= 11 is 9.34. The monoisotopic (exact) mass is 374 g/mol. The fourth-order valence-electron chi connectivity index (χ4n) is 2.43. The molecule has 6 heteroatoms. The molecule has 1 aliphatic rings.